The first-order valence-electron chi connectivity index (χ1n) is 4.36. The molecule has 0 aromatic heterocycles. The van der Waals surface area contributed by atoms with Gasteiger partial charge in [-0.15, -0.1) is 0 Å². The number of unbranched alkanes of at least 4 members (excludes halogenated alkanes) is 5. The summed E-state index contributed by atoms with van der Waals surface area (Å²) >= 11 is 0. The van der Waals surface area contributed by atoms with Crippen molar-refractivity contribution in [3.8, 4) is 0 Å². The van der Waals surface area contributed by atoms with Gasteiger partial charge in [0.1, 0.15) is 0 Å². The second-order valence-corrected chi connectivity index (χ2v) is 3.08. The summed E-state index contributed by atoms with van der Waals surface area (Å²) in [5, 5.41) is 0. The smallest absolute Gasteiger partial charge is 0.327 e. The van der Waals surface area contributed by atoms with Crippen LogP contribution in [0.5, 0.6) is 0 Å². The van der Waals surface area contributed by atoms with Gasteiger partial charge in [-0.1, -0.05) is 39.0 Å². The molecule has 0 atom stereocenters. The van der Waals surface area contributed by atoms with Crippen LogP contribution >= 0.6 is 8.69 Å². The lowest BCUT2D eigenvalue weighted by atomic mass is 10.1. The van der Waals surface area contributed by atoms with E-state index in [1.807, 2.05) is 0 Å². The minimum absolute atomic E-state index is 0. The van der Waals surface area contributed by atoms with Crippen LogP contribution in [0.15, 0.2) is 0 Å². The Morgan fingerprint density at radius 2 is 1.67 bits per heavy atom. The fourth-order valence-electron chi connectivity index (χ4n) is 0.984. The molecule has 0 unspecified atom stereocenters. The van der Waals surface area contributed by atoms with Crippen LogP contribution in [0.3, 0.4) is 0 Å². The van der Waals surface area contributed by atoms with Crippen LogP contribution < -0.4 is 0 Å². The first-order valence-corrected chi connectivity index (χ1v) is 5.09. The van der Waals surface area contributed by atoms with E-state index in [4.69, 9.17) is 0 Å². The van der Waals surface area contributed by atoms with Crippen molar-refractivity contribution >= 4 is 8.69 Å². The zero-order valence-electron chi connectivity index (χ0n) is 7.71. The summed E-state index contributed by atoms with van der Waals surface area (Å²) in [5.41, 5.74) is 0. The minimum atomic E-state index is -0.180. The molecule has 0 radical (unpaired) electrons. The van der Waals surface area contributed by atoms with Crippen molar-refractivity contribution in [2.24, 2.45) is 0 Å². The fourth-order valence-corrected chi connectivity index (χ4v) is 1.19. The monoisotopic (exact) mass is 194 g/mol. The maximum absolute atomic E-state index is 9.82. The standard InChI is InChI=1S/C8H17O2P.H2O/c1-2-3-4-5-6-7-8-10-11-9;/h2-8H2,1H3;1H2. The van der Waals surface area contributed by atoms with E-state index < -0.39 is 0 Å². The summed E-state index contributed by atoms with van der Waals surface area (Å²) in [6, 6.07) is 0. The van der Waals surface area contributed by atoms with Crippen LogP contribution in [-0.4, -0.2) is 12.1 Å². The van der Waals surface area contributed by atoms with Crippen molar-refractivity contribution in [2.45, 2.75) is 45.4 Å². The molecular weight excluding hydrogens is 175 g/mol. The SMILES string of the molecule is CCCCCCCCOP=O.O. The van der Waals surface area contributed by atoms with E-state index in [1.54, 1.807) is 0 Å². The van der Waals surface area contributed by atoms with Gasteiger partial charge >= 0.3 is 8.69 Å². The molecule has 0 heterocycles. The molecule has 4 heteroatoms. The molecule has 0 aromatic rings. The highest BCUT2D eigenvalue weighted by Gasteiger charge is 1.89. The topological polar surface area (TPSA) is 57.8 Å². The fraction of sp³-hybridized carbons (Fsp3) is 1.00. The van der Waals surface area contributed by atoms with Crippen molar-refractivity contribution in [1.82, 2.24) is 0 Å². The van der Waals surface area contributed by atoms with Crippen molar-refractivity contribution in [3.63, 3.8) is 0 Å². The lowest BCUT2D eigenvalue weighted by Crippen LogP contribution is -1.84. The third kappa shape index (κ3) is 12.7. The minimum Gasteiger partial charge on any atom is -0.412 e. The van der Waals surface area contributed by atoms with Crippen molar-refractivity contribution in [1.29, 1.82) is 0 Å². The second kappa shape index (κ2) is 13.6. The van der Waals surface area contributed by atoms with Crippen LogP contribution in [0.2, 0.25) is 0 Å². The van der Waals surface area contributed by atoms with Gasteiger partial charge in [-0.25, -0.2) is 4.57 Å². The molecule has 0 fully saturated rings. The summed E-state index contributed by atoms with van der Waals surface area (Å²) in [5.74, 6) is 0. The Labute approximate surface area is 76.1 Å². The van der Waals surface area contributed by atoms with Crippen molar-refractivity contribution in [2.75, 3.05) is 6.61 Å². The van der Waals surface area contributed by atoms with E-state index in [-0.39, 0.29) is 14.2 Å². The summed E-state index contributed by atoms with van der Waals surface area (Å²) in [7, 11) is -0.180. The highest BCUT2D eigenvalue weighted by Crippen LogP contribution is 2.06. The molecule has 12 heavy (non-hydrogen) atoms. The van der Waals surface area contributed by atoms with Crippen LogP contribution in [0.4, 0.5) is 0 Å². The quantitative estimate of drug-likeness (QED) is 0.440. The molecule has 3 nitrogen and oxygen atoms in total. The van der Waals surface area contributed by atoms with Gasteiger partial charge in [-0.05, 0) is 6.42 Å². The van der Waals surface area contributed by atoms with E-state index in [1.165, 1.54) is 32.1 Å². The van der Waals surface area contributed by atoms with Crippen molar-refractivity contribution in [3.05, 3.63) is 0 Å². The van der Waals surface area contributed by atoms with Gasteiger partial charge in [0.15, 0.2) is 0 Å². The first kappa shape index (κ1) is 14.5. The van der Waals surface area contributed by atoms with Gasteiger partial charge in [0.2, 0.25) is 0 Å². The third-order valence-corrected chi connectivity index (χ3v) is 1.93. The third-order valence-electron chi connectivity index (χ3n) is 1.64. The van der Waals surface area contributed by atoms with E-state index in [0.717, 1.165) is 6.42 Å². The lowest BCUT2D eigenvalue weighted by Gasteiger charge is -1.97. The Kier molecular flexibility index (Phi) is 16.5. The average molecular weight is 194 g/mol. The Bertz CT molecular complexity index is 88.4. The maximum Gasteiger partial charge on any atom is 0.327 e. The van der Waals surface area contributed by atoms with Gasteiger partial charge in [0, 0.05) is 0 Å². The summed E-state index contributed by atoms with van der Waals surface area (Å²) in [4.78, 5) is 0. The predicted molar refractivity (Wildman–Crippen MR) is 50.5 cm³/mol. The molecule has 0 aliphatic heterocycles. The highest BCUT2D eigenvalue weighted by molar-refractivity contribution is 7.17. The zero-order valence-corrected chi connectivity index (χ0v) is 8.61. The van der Waals surface area contributed by atoms with Crippen LogP contribution in [0.1, 0.15) is 45.4 Å². The number of rotatable bonds is 8. The zero-order chi connectivity index (χ0) is 8.36. The Morgan fingerprint density at radius 3 is 2.25 bits per heavy atom. The average Bonchev–Trinajstić information content (AvgIpc) is 2.03. The van der Waals surface area contributed by atoms with Gasteiger partial charge in [0.25, 0.3) is 0 Å². The molecule has 74 valence electrons. The second-order valence-electron chi connectivity index (χ2n) is 2.68. The molecule has 0 amide bonds. The van der Waals surface area contributed by atoms with Crippen LogP contribution in [0.25, 0.3) is 0 Å². The predicted octanol–water partition coefficient (Wildman–Crippen LogP) is 2.75. The van der Waals surface area contributed by atoms with E-state index in [2.05, 4.69) is 11.4 Å². The van der Waals surface area contributed by atoms with E-state index in [9.17, 15) is 4.57 Å². The summed E-state index contributed by atoms with van der Waals surface area (Å²) in [6.45, 7) is 2.84. The Morgan fingerprint density at radius 1 is 1.08 bits per heavy atom. The largest absolute Gasteiger partial charge is 0.412 e. The Hall–Kier alpha value is 0.0200. The molecule has 2 N–H and O–H groups in total. The van der Waals surface area contributed by atoms with Gasteiger partial charge in [0.05, 0.1) is 6.61 Å². The molecule has 0 saturated carbocycles. The summed E-state index contributed by atoms with van der Waals surface area (Å²) < 4.78 is 14.5. The molecule has 0 spiro atoms. The van der Waals surface area contributed by atoms with E-state index in [0.29, 0.717) is 6.61 Å². The molecule has 0 aliphatic rings. The molecule has 0 bridgehead atoms. The van der Waals surface area contributed by atoms with Gasteiger partial charge in [-0.2, -0.15) is 0 Å². The maximum atomic E-state index is 9.82. The highest BCUT2D eigenvalue weighted by atomic mass is 31.1. The molecule has 0 aromatic carbocycles. The normalized spacial score (nSPS) is 9.75. The van der Waals surface area contributed by atoms with Crippen LogP contribution in [-0.2, 0) is 9.09 Å². The van der Waals surface area contributed by atoms with Crippen molar-refractivity contribution < 1.29 is 14.6 Å². The summed E-state index contributed by atoms with van der Waals surface area (Å²) in [6.07, 6.45) is 7.48. The molecule has 0 rings (SSSR count). The van der Waals surface area contributed by atoms with Gasteiger partial charge < -0.3 is 5.48 Å². The van der Waals surface area contributed by atoms with E-state index >= 15 is 0 Å². The van der Waals surface area contributed by atoms with Gasteiger partial charge in [-0.3, -0.25) is 4.52 Å². The molecule has 0 aliphatic carbocycles. The van der Waals surface area contributed by atoms with Crippen LogP contribution in [0, 0.1) is 0 Å². The number of hydrogen-bond donors (Lipinski definition) is 0. The molecular formula is C8H19O3P. The lowest BCUT2D eigenvalue weighted by molar-refractivity contribution is 0.328. The number of hydrogen-bond acceptors (Lipinski definition) is 2. The molecule has 0 saturated heterocycles. The Balaban J connectivity index is 0. The first-order chi connectivity index (χ1) is 5.41.